The lowest BCUT2D eigenvalue weighted by atomic mass is 10.1. The van der Waals surface area contributed by atoms with Crippen LogP contribution in [-0.2, 0) is 16.6 Å². The molecule has 0 saturated heterocycles. The van der Waals surface area contributed by atoms with Crippen molar-refractivity contribution in [2.24, 2.45) is 0 Å². The Bertz CT molecular complexity index is 1160. The van der Waals surface area contributed by atoms with Crippen LogP contribution < -0.4 is 9.04 Å². The van der Waals surface area contributed by atoms with Crippen LogP contribution in [0.4, 0.5) is 5.69 Å². The van der Waals surface area contributed by atoms with E-state index in [2.05, 4.69) is 10.6 Å². The number of hydrogen-bond donors (Lipinski definition) is 0. The van der Waals surface area contributed by atoms with Crippen molar-refractivity contribution in [2.45, 2.75) is 20.4 Å². The molecule has 7 heteroatoms. The fourth-order valence-corrected chi connectivity index (χ4v) is 4.21. The van der Waals surface area contributed by atoms with Crippen molar-refractivity contribution in [3.05, 3.63) is 48.0 Å². The second-order valence-electron chi connectivity index (χ2n) is 6.38. The van der Waals surface area contributed by atoms with E-state index < -0.39 is 10.0 Å². The highest BCUT2D eigenvalue weighted by Crippen LogP contribution is 2.36. The van der Waals surface area contributed by atoms with Gasteiger partial charge in [0.25, 0.3) is 0 Å². The largest absolute Gasteiger partial charge is 0.497 e. The van der Waals surface area contributed by atoms with Crippen LogP contribution in [0.3, 0.4) is 0 Å². The number of methoxy groups -OCH3 is 1. The number of benzene rings is 2. The standard InChI is InChI=1S/C21H23N3O3S/c1-5-24-20-13-17(27-4)11-12-18(20)19(14-22)21(24)15-7-9-16(10-8-15)23(3)28(25,26)6-2/h7-13H,5-6H2,1-4H3. The third-order valence-corrected chi connectivity index (χ3v) is 6.76. The van der Waals surface area contributed by atoms with E-state index >= 15 is 0 Å². The molecular formula is C21H23N3O3S. The summed E-state index contributed by atoms with van der Waals surface area (Å²) in [5.41, 5.74) is 3.80. The van der Waals surface area contributed by atoms with Crippen molar-refractivity contribution >= 4 is 26.6 Å². The van der Waals surface area contributed by atoms with Gasteiger partial charge in [0.1, 0.15) is 11.8 Å². The molecule has 3 aromatic rings. The Morgan fingerprint density at radius 2 is 1.82 bits per heavy atom. The number of fused-ring (bicyclic) bond motifs is 1. The monoisotopic (exact) mass is 397 g/mol. The van der Waals surface area contributed by atoms with E-state index in [1.165, 1.54) is 4.31 Å². The molecule has 0 spiro atoms. The van der Waals surface area contributed by atoms with Gasteiger partial charge in [0.2, 0.25) is 10.0 Å². The number of aromatic nitrogens is 1. The summed E-state index contributed by atoms with van der Waals surface area (Å²) in [7, 11) is -0.158. The number of aryl methyl sites for hydroxylation is 1. The third-order valence-electron chi connectivity index (χ3n) is 4.99. The zero-order valence-corrected chi connectivity index (χ0v) is 17.2. The van der Waals surface area contributed by atoms with E-state index in [9.17, 15) is 13.7 Å². The highest BCUT2D eigenvalue weighted by atomic mass is 32.2. The Balaban J connectivity index is 2.17. The lowest BCUT2D eigenvalue weighted by Crippen LogP contribution is -2.27. The highest BCUT2D eigenvalue weighted by molar-refractivity contribution is 7.92. The number of sulfonamides is 1. The molecule has 0 aliphatic carbocycles. The normalized spacial score (nSPS) is 11.4. The van der Waals surface area contributed by atoms with Crippen LogP contribution >= 0.6 is 0 Å². The number of nitriles is 1. The Hall–Kier alpha value is -2.98. The van der Waals surface area contributed by atoms with Crippen molar-refractivity contribution in [2.75, 3.05) is 24.2 Å². The molecule has 0 aliphatic heterocycles. The van der Waals surface area contributed by atoms with E-state index in [1.54, 1.807) is 33.2 Å². The first-order valence-electron chi connectivity index (χ1n) is 9.05. The number of nitrogens with zero attached hydrogens (tertiary/aromatic N) is 3. The van der Waals surface area contributed by atoms with Gasteiger partial charge in [0, 0.05) is 25.0 Å². The summed E-state index contributed by atoms with van der Waals surface area (Å²) in [4.78, 5) is 0. The van der Waals surface area contributed by atoms with Crippen LogP contribution in [0, 0.1) is 11.3 Å². The molecule has 1 aromatic heterocycles. The van der Waals surface area contributed by atoms with Crippen LogP contribution in [0.25, 0.3) is 22.2 Å². The summed E-state index contributed by atoms with van der Waals surface area (Å²) >= 11 is 0. The van der Waals surface area contributed by atoms with Gasteiger partial charge in [-0.25, -0.2) is 8.42 Å². The molecule has 0 amide bonds. The lowest BCUT2D eigenvalue weighted by Gasteiger charge is -2.19. The van der Waals surface area contributed by atoms with Gasteiger partial charge in [-0.1, -0.05) is 12.1 Å². The fraction of sp³-hybridized carbons (Fsp3) is 0.286. The molecule has 6 nitrogen and oxygen atoms in total. The topological polar surface area (TPSA) is 75.3 Å². The summed E-state index contributed by atoms with van der Waals surface area (Å²) in [6.07, 6.45) is 0. The summed E-state index contributed by atoms with van der Waals surface area (Å²) in [6.45, 7) is 4.33. The maximum Gasteiger partial charge on any atom is 0.234 e. The van der Waals surface area contributed by atoms with Crippen molar-refractivity contribution in [3.63, 3.8) is 0 Å². The molecule has 0 aliphatic rings. The molecule has 3 rings (SSSR count). The van der Waals surface area contributed by atoms with Gasteiger partial charge in [-0.3, -0.25) is 4.31 Å². The van der Waals surface area contributed by atoms with Gasteiger partial charge in [-0.05, 0) is 43.7 Å². The van der Waals surface area contributed by atoms with Crippen molar-refractivity contribution in [1.29, 1.82) is 5.26 Å². The summed E-state index contributed by atoms with van der Waals surface area (Å²) in [5.74, 6) is 0.771. The molecule has 0 saturated carbocycles. The predicted octanol–water partition coefficient (Wildman–Crippen LogP) is 3.99. The zero-order valence-electron chi connectivity index (χ0n) is 16.4. The fourth-order valence-electron chi connectivity index (χ4n) is 3.38. The average molecular weight is 398 g/mol. The van der Waals surface area contributed by atoms with Crippen molar-refractivity contribution in [1.82, 2.24) is 4.57 Å². The van der Waals surface area contributed by atoms with Gasteiger partial charge >= 0.3 is 0 Å². The Morgan fingerprint density at radius 1 is 1.14 bits per heavy atom. The van der Waals surface area contributed by atoms with Crippen molar-refractivity contribution in [3.8, 4) is 23.1 Å². The van der Waals surface area contributed by atoms with Crippen LogP contribution in [0.1, 0.15) is 19.4 Å². The molecule has 0 atom stereocenters. The van der Waals surface area contributed by atoms with E-state index in [0.717, 1.165) is 27.9 Å². The van der Waals surface area contributed by atoms with Gasteiger partial charge in [-0.15, -0.1) is 0 Å². The first-order valence-corrected chi connectivity index (χ1v) is 10.7. The minimum Gasteiger partial charge on any atom is -0.497 e. The molecule has 2 aromatic carbocycles. The van der Waals surface area contributed by atoms with Crippen LogP contribution in [0.5, 0.6) is 5.75 Å². The molecule has 146 valence electrons. The smallest absolute Gasteiger partial charge is 0.234 e. The summed E-state index contributed by atoms with van der Waals surface area (Å²) in [5, 5.41) is 10.7. The van der Waals surface area contributed by atoms with Crippen LogP contribution in [-0.4, -0.2) is 32.9 Å². The molecule has 1 heterocycles. The van der Waals surface area contributed by atoms with E-state index in [1.807, 2.05) is 37.3 Å². The maximum atomic E-state index is 12.1. The second kappa shape index (κ2) is 7.56. The lowest BCUT2D eigenvalue weighted by molar-refractivity contribution is 0.415. The molecule has 0 N–H and O–H groups in total. The molecule has 28 heavy (non-hydrogen) atoms. The molecule has 0 fully saturated rings. The number of hydrogen-bond acceptors (Lipinski definition) is 4. The van der Waals surface area contributed by atoms with Gasteiger partial charge in [0.05, 0.1) is 35.3 Å². The minimum atomic E-state index is -3.32. The van der Waals surface area contributed by atoms with Gasteiger partial charge in [-0.2, -0.15) is 5.26 Å². The predicted molar refractivity (Wildman–Crippen MR) is 112 cm³/mol. The second-order valence-corrected chi connectivity index (χ2v) is 8.67. The van der Waals surface area contributed by atoms with E-state index in [4.69, 9.17) is 4.74 Å². The highest BCUT2D eigenvalue weighted by Gasteiger charge is 2.20. The number of ether oxygens (including phenoxy) is 1. The SMILES string of the molecule is CCn1c(-c2ccc(N(C)S(=O)(=O)CC)cc2)c(C#N)c2ccc(OC)cc21. The third kappa shape index (κ3) is 3.20. The quantitative estimate of drug-likeness (QED) is 0.630. The summed E-state index contributed by atoms with van der Waals surface area (Å²) < 4.78 is 32.9. The molecular weight excluding hydrogens is 374 g/mol. The Labute approximate surface area is 165 Å². The molecule has 0 unspecified atom stereocenters. The number of rotatable bonds is 6. The first-order chi connectivity index (χ1) is 13.4. The van der Waals surface area contributed by atoms with Crippen LogP contribution in [0.2, 0.25) is 0 Å². The minimum absolute atomic E-state index is 0.0374. The first kappa shape index (κ1) is 19.8. The Kier molecular flexibility index (Phi) is 5.34. The van der Waals surface area contributed by atoms with Crippen molar-refractivity contribution < 1.29 is 13.2 Å². The molecule has 0 bridgehead atoms. The van der Waals surface area contributed by atoms with Gasteiger partial charge in [0.15, 0.2) is 0 Å². The van der Waals surface area contributed by atoms with E-state index in [0.29, 0.717) is 17.8 Å². The summed E-state index contributed by atoms with van der Waals surface area (Å²) in [6, 6.07) is 15.3. The van der Waals surface area contributed by atoms with Crippen LogP contribution in [0.15, 0.2) is 42.5 Å². The zero-order chi connectivity index (χ0) is 20.5. The Morgan fingerprint density at radius 3 is 2.36 bits per heavy atom. The molecule has 0 radical (unpaired) electrons. The maximum absolute atomic E-state index is 12.1. The van der Waals surface area contributed by atoms with Gasteiger partial charge < -0.3 is 9.30 Å². The van der Waals surface area contributed by atoms with E-state index in [-0.39, 0.29) is 5.75 Å². The average Bonchev–Trinajstić information content (AvgIpc) is 3.05. The number of anilines is 1.